The molecule has 1 aliphatic rings. The number of nitrogens with two attached hydrogens (primary N) is 1. The quantitative estimate of drug-likeness (QED) is 0.546. The van der Waals surface area contributed by atoms with Crippen LogP contribution in [0.25, 0.3) is 11.2 Å². The predicted molar refractivity (Wildman–Crippen MR) is 128 cm³/mol. The van der Waals surface area contributed by atoms with Crippen molar-refractivity contribution in [3.63, 3.8) is 0 Å². The highest BCUT2D eigenvalue weighted by Crippen LogP contribution is 2.24. The number of imidazole rings is 1. The number of hydrogen-bond donors (Lipinski definition) is 1. The van der Waals surface area contributed by atoms with Crippen LogP contribution in [0.5, 0.6) is 0 Å². The van der Waals surface area contributed by atoms with E-state index in [-0.39, 0.29) is 17.3 Å². The normalized spacial score (nSPS) is 16.7. The maximum Gasteiger partial charge on any atom is 0.332 e. The molecule has 2 N–H and O–H groups in total. The fourth-order valence-electron chi connectivity index (χ4n) is 4.59. The lowest BCUT2D eigenvalue weighted by atomic mass is 10.1. The molecule has 0 aliphatic carbocycles. The van der Waals surface area contributed by atoms with Crippen LogP contribution in [0.4, 0.5) is 5.95 Å². The third-order valence-corrected chi connectivity index (χ3v) is 6.37. The molecular formula is C24H34N6O2. The zero-order chi connectivity index (χ0) is 22.7. The Kier molecular flexibility index (Phi) is 6.79. The van der Waals surface area contributed by atoms with Crippen LogP contribution in [-0.2, 0) is 20.1 Å². The summed E-state index contributed by atoms with van der Waals surface area (Å²) in [5.74, 6) is 0.726. The molecule has 1 aromatic carbocycles. The van der Waals surface area contributed by atoms with Crippen molar-refractivity contribution in [3.8, 4) is 0 Å². The third kappa shape index (κ3) is 4.37. The average molecular weight is 439 g/mol. The van der Waals surface area contributed by atoms with Gasteiger partial charge in [0.25, 0.3) is 5.56 Å². The van der Waals surface area contributed by atoms with E-state index in [1.807, 2.05) is 34.9 Å². The van der Waals surface area contributed by atoms with E-state index >= 15 is 0 Å². The van der Waals surface area contributed by atoms with E-state index in [1.165, 1.54) is 4.57 Å². The Labute approximate surface area is 188 Å². The summed E-state index contributed by atoms with van der Waals surface area (Å²) in [7, 11) is 1.56. The van der Waals surface area contributed by atoms with Crippen LogP contribution in [0.2, 0.25) is 0 Å². The van der Waals surface area contributed by atoms with Gasteiger partial charge in [-0.1, -0.05) is 56.5 Å². The number of benzene rings is 1. The van der Waals surface area contributed by atoms with Gasteiger partial charge >= 0.3 is 5.69 Å². The Bertz CT molecular complexity index is 1180. The molecule has 1 atom stereocenters. The number of hydrogen-bond acceptors (Lipinski definition) is 5. The van der Waals surface area contributed by atoms with E-state index in [1.54, 1.807) is 11.6 Å². The standard InChI is InChI=1S/C24H34N6O2/c1-3-4-5-9-15-29-21-20(22(31)27(2)24(29)32)30(16-18-11-7-6-8-12-18)23(26-21)28-14-10-13-19(25)17-28/h6-8,11-12,19H,3-5,9-10,13-17,25H2,1-2H3. The van der Waals surface area contributed by atoms with Crippen molar-refractivity contribution in [2.75, 3.05) is 18.0 Å². The fraction of sp³-hybridized carbons (Fsp3) is 0.542. The molecule has 0 radical (unpaired) electrons. The van der Waals surface area contributed by atoms with Gasteiger partial charge in [0.2, 0.25) is 5.95 Å². The van der Waals surface area contributed by atoms with Gasteiger partial charge in [-0.05, 0) is 24.8 Å². The molecule has 0 amide bonds. The Balaban J connectivity index is 1.88. The van der Waals surface area contributed by atoms with Gasteiger partial charge in [-0.15, -0.1) is 0 Å². The van der Waals surface area contributed by atoms with E-state index in [0.717, 1.165) is 56.6 Å². The monoisotopic (exact) mass is 438 g/mol. The highest BCUT2D eigenvalue weighted by molar-refractivity contribution is 5.75. The first kappa shape index (κ1) is 22.3. The zero-order valence-corrected chi connectivity index (χ0v) is 19.2. The summed E-state index contributed by atoms with van der Waals surface area (Å²) >= 11 is 0. The van der Waals surface area contributed by atoms with Crippen molar-refractivity contribution in [2.24, 2.45) is 12.8 Å². The summed E-state index contributed by atoms with van der Waals surface area (Å²) in [6.07, 6.45) is 6.16. The first-order valence-corrected chi connectivity index (χ1v) is 11.8. The molecule has 4 rings (SSSR count). The smallest absolute Gasteiger partial charge is 0.332 e. The minimum atomic E-state index is -0.301. The summed E-state index contributed by atoms with van der Waals surface area (Å²) in [4.78, 5) is 33.4. The van der Waals surface area contributed by atoms with Crippen molar-refractivity contribution in [1.82, 2.24) is 18.7 Å². The molecular weight excluding hydrogens is 404 g/mol. The minimum absolute atomic E-state index is 0.0767. The number of anilines is 1. The summed E-state index contributed by atoms with van der Waals surface area (Å²) in [5, 5.41) is 0. The molecule has 1 saturated heterocycles. The van der Waals surface area contributed by atoms with Gasteiger partial charge < -0.3 is 10.6 Å². The second-order valence-electron chi connectivity index (χ2n) is 8.86. The minimum Gasteiger partial charge on any atom is -0.341 e. The van der Waals surface area contributed by atoms with Crippen LogP contribution in [0.3, 0.4) is 0 Å². The highest BCUT2D eigenvalue weighted by Gasteiger charge is 2.26. The Hall–Kier alpha value is -2.87. The summed E-state index contributed by atoms with van der Waals surface area (Å²) in [6, 6.07) is 10.1. The zero-order valence-electron chi connectivity index (χ0n) is 19.2. The van der Waals surface area contributed by atoms with Crippen molar-refractivity contribution in [3.05, 3.63) is 56.7 Å². The molecule has 2 aromatic heterocycles. The van der Waals surface area contributed by atoms with Crippen molar-refractivity contribution in [1.29, 1.82) is 0 Å². The van der Waals surface area contributed by atoms with Crippen LogP contribution in [0.15, 0.2) is 39.9 Å². The second-order valence-corrected chi connectivity index (χ2v) is 8.86. The maximum absolute atomic E-state index is 13.3. The van der Waals surface area contributed by atoms with Gasteiger partial charge in [-0.25, -0.2) is 4.79 Å². The average Bonchev–Trinajstić information content (AvgIpc) is 3.17. The van der Waals surface area contributed by atoms with E-state index < -0.39 is 0 Å². The number of aromatic nitrogens is 4. The van der Waals surface area contributed by atoms with E-state index in [2.05, 4.69) is 11.8 Å². The van der Waals surface area contributed by atoms with Gasteiger partial charge in [0.15, 0.2) is 11.2 Å². The summed E-state index contributed by atoms with van der Waals surface area (Å²) in [6.45, 7) is 4.77. The van der Waals surface area contributed by atoms with Crippen LogP contribution in [0, 0.1) is 0 Å². The Morgan fingerprint density at radius 1 is 1.09 bits per heavy atom. The fourth-order valence-corrected chi connectivity index (χ4v) is 4.59. The van der Waals surface area contributed by atoms with Crippen LogP contribution in [0.1, 0.15) is 51.0 Å². The van der Waals surface area contributed by atoms with Gasteiger partial charge in [-0.3, -0.25) is 18.5 Å². The van der Waals surface area contributed by atoms with E-state index in [0.29, 0.717) is 30.8 Å². The molecule has 0 spiro atoms. The molecule has 8 nitrogen and oxygen atoms in total. The number of rotatable bonds is 8. The predicted octanol–water partition coefficient (Wildman–Crippen LogP) is 2.45. The highest BCUT2D eigenvalue weighted by atomic mass is 16.2. The number of unbranched alkanes of at least 4 members (excludes halogenated alkanes) is 3. The lowest BCUT2D eigenvalue weighted by Gasteiger charge is -2.31. The second kappa shape index (κ2) is 9.73. The molecule has 0 bridgehead atoms. The molecule has 32 heavy (non-hydrogen) atoms. The largest absolute Gasteiger partial charge is 0.341 e. The van der Waals surface area contributed by atoms with Crippen LogP contribution >= 0.6 is 0 Å². The molecule has 1 fully saturated rings. The van der Waals surface area contributed by atoms with Crippen LogP contribution < -0.4 is 21.9 Å². The number of nitrogens with zero attached hydrogens (tertiary/aromatic N) is 5. The van der Waals surface area contributed by atoms with Gasteiger partial charge in [0.1, 0.15) is 0 Å². The molecule has 172 valence electrons. The number of fused-ring (bicyclic) bond motifs is 1. The van der Waals surface area contributed by atoms with Crippen molar-refractivity contribution >= 4 is 17.1 Å². The van der Waals surface area contributed by atoms with Gasteiger partial charge in [-0.2, -0.15) is 4.98 Å². The van der Waals surface area contributed by atoms with E-state index in [9.17, 15) is 9.59 Å². The third-order valence-electron chi connectivity index (χ3n) is 6.37. The molecule has 3 aromatic rings. The summed E-state index contributed by atoms with van der Waals surface area (Å²) < 4.78 is 4.88. The molecule has 1 unspecified atom stereocenters. The number of aryl methyl sites for hydroxylation is 1. The van der Waals surface area contributed by atoms with Crippen LogP contribution in [-0.4, -0.2) is 37.8 Å². The van der Waals surface area contributed by atoms with Gasteiger partial charge in [0.05, 0.1) is 6.54 Å². The van der Waals surface area contributed by atoms with Crippen molar-refractivity contribution < 1.29 is 0 Å². The van der Waals surface area contributed by atoms with E-state index in [4.69, 9.17) is 10.7 Å². The Morgan fingerprint density at radius 2 is 1.88 bits per heavy atom. The molecule has 3 heterocycles. The molecule has 8 heteroatoms. The summed E-state index contributed by atoms with van der Waals surface area (Å²) in [5.41, 5.74) is 7.71. The maximum atomic E-state index is 13.3. The van der Waals surface area contributed by atoms with Crippen molar-refractivity contribution in [2.45, 2.75) is 64.6 Å². The molecule has 1 aliphatic heterocycles. The topological polar surface area (TPSA) is 91.1 Å². The van der Waals surface area contributed by atoms with Gasteiger partial charge in [0, 0.05) is 32.7 Å². The SMILES string of the molecule is CCCCCCn1c(=O)n(C)c(=O)c2c1nc(N1CCCC(N)C1)n2Cc1ccccc1. The Morgan fingerprint density at radius 3 is 2.59 bits per heavy atom. The lowest BCUT2D eigenvalue weighted by Crippen LogP contribution is -2.44. The first-order valence-electron chi connectivity index (χ1n) is 11.8. The lowest BCUT2D eigenvalue weighted by molar-refractivity contribution is 0.495. The number of piperidine rings is 1. The molecule has 0 saturated carbocycles. The first-order chi connectivity index (χ1) is 15.5.